The van der Waals surface area contributed by atoms with Gasteiger partial charge in [-0.05, 0) is 42.8 Å². The number of methoxy groups -OCH3 is 3. The van der Waals surface area contributed by atoms with Gasteiger partial charge in [0.2, 0.25) is 11.9 Å². The number of hydrogen-bond donors (Lipinski definition) is 2. The molecule has 1 aromatic heterocycles. The average Bonchev–Trinajstić information content (AvgIpc) is 3.21. The van der Waals surface area contributed by atoms with Crippen LogP contribution >= 0.6 is 0 Å². The summed E-state index contributed by atoms with van der Waals surface area (Å²) in [6.45, 7) is 1.80. The normalized spacial score (nSPS) is 15.2. The van der Waals surface area contributed by atoms with Crippen molar-refractivity contribution in [1.82, 2.24) is 14.8 Å². The van der Waals surface area contributed by atoms with Crippen LogP contribution in [0.1, 0.15) is 18.5 Å². The molecule has 0 unspecified atom stereocenters. The molecule has 0 bridgehead atoms. The molecule has 1 amide bonds. The summed E-state index contributed by atoms with van der Waals surface area (Å²) in [6, 6.07) is 12.3. The number of carbonyl (C=O) groups is 1. The van der Waals surface area contributed by atoms with E-state index >= 15 is 0 Å². The maximum atomic E-state index is 12.3. The summed E-state index contributed by atoms with van der Waals surface area (Å²) in [6.07, 6.45) is 0. The Balaban J connectivity index is 1.83. The van der Waals surface area contributed by atoms with Gasteiger partial charge < -0.3 is 25.3 Å². The first kappa shape index (κ1) is 20.3. The van der Waals surface area contributed by atoms with Crippen LogP contribution in [0.15, 0.2) is 53.7 Å². The maximum absolute atomic E-state index is 12.3. The van der Waals surface area contributed by atoms with Crippen molar-refractivity contribution in [2.75, 3.05) is 26.6 Å². The van der Waals surface area contributed by atoms with E-state index < -0.39 is 11.9 Å². The van der Waals surface area contributed by atoms with Gasteiger partial charge in [0.1, 0.15) is 11.8 Å². The summed E-state index contributed by atoms with van der Waals surface area (Å²) >= 11 is 0. The average molecular weight is 421 g/mol. The van der Waals surface area contributed by atoms with Crippen LogP contribution in [0.3, 0.4) is 0 Å². The topological polar surface area (TPSA) is 114 Å². The Morgan fingerprint density at radius 2 is 1.74 bits per heavy atom. The smallest absolute Gasteiger partial charge is 0.248 e. The van der Waals surface area contributed by atoms with Crippen LogP contribution in [0.5, 0.6) is 17.2 Å². The third-order valence-electron chi connectivity index (χ3n) is 5.19. The highest BCUT2D eigenvalue weighted by Crippen LogP contribution is 2.37. The molecular formula is C22H23N5O4. The maximum Gasteiger partial charge on any atom is 0.248 e. The number of primary amides is 1. The van der Waals surface area contributed by atoms with Gasteiger partial charge >= 0.3 is 0 Å². The van der Waals surface area contributed by atoms with Crippen molar-refractivity contribution in [3.8, 4) is 28.6 Å². The Bertz CT molecular complexity index is 1170. The van der Waals surface area contributed by atoms with Crippen molar-refractivity contribution >= 4 is 11.9 Å². The van der Waals surface area contributed by atoms with Gasteiger partial charge in [-0.1, -0.05) is 12.1 Å². The Labute approximate surface area is 179 Å². The first-order valence-corrected chi connectivity index (χ1v) is 9.57. The van der Waals surface area contributed by atoms with Gasteiger partial charge in [0.25, 0.3) is 0 Å². The number of amides is 1. The van der Waals surface area contributed by atoms with Gasteiger partial charge in [-0.2, -0.15) is 4.98 Å². The van der Waals surface area contributed by atoms with Gasteiger partial charge in [-0.3, -0.25) is 4.79 Å². The van der Waals surface area contributed by atoms with Crippen LogP contribution in [0, 0.1) is 0 Å². The van der Waals surface area contributed by atoms with E-state index in [1.807, 2.05) is 30.3 Å². The number of allylic oxidation sites excluding steroid dienone is 1. The molecule has 0 spiro atoms. The number of rotatable bonds is 6. The summed E-state index contributed by atoms with van der Waals surface area (Å²) in [4.78, 5) is 17.0. The van der Waals surface area contributed by atoms with E-state index in [-0.39, 0.29) is 0 Å². The van der Waals surface area contributed by atoms with E-state index in [9.17, 15) is 4.79 Å². The number of carbonyl (C=O) groups excluding carboxylic acids is 1. The van der Waals surface area contributed by atoms with E-state index in [1.54, 1.807) is 45.1 Å². The van der Waals surface area contributed by atoms with Gasteiger partial charge in [-0.25, -0.2) is 4.68 Å². The molecule has 2 heterocycles. The number of hydrogen-bond acceptors (Lipinski definition) is 7. The minimum atomic E-state index is -0.528. The van der Waals surface area contributed by atoms with Crippen molar-refractivity contribution in [3.63, 3.8) is 0 Å². The molecular weight excluding hydrogens is 398 g/mol. The SMILES string of the molecule is COc1ccc([C@H]2C(C(N)=O)=C(C)Nc3nc(-c4ccc(OC)c(OC)c4)nn32)cc1. The van der Waals surface area contributed by atoms with Crippen molar-refractivity contribution in [2.45, 2.75) is 13.0 Å². The van der Waals surface area contributed by atoms with Crippen LogP contribution in [-0.4, -0.2) is 42.0 Å². The van der Waals surface area contributed by atoms with Crippen molar-refractivity contribution in [3.05, 3.63) is 59.3 Å². The van der Waals surface area contributed by atoms with Gasteiger partial charge in [0.15, 0.2) is 17.3 Å². The number of benzene rings is 2. The molecule has 1 aliphatic heterocycles. The molecule has 0 fully saturated rings. The van der Waals surface area contributed by atoms with E-state index in [2.05, 4.69) is 10.3 Å². The molecule has 1 aliphatic rings. The van der Waals surface area contributed by atoms with E-state index in [4.69, 9.17) is 25.0 Å². The lowest BCUT2D eigenvalue weighted by molar-refractivity contribution is -0.115. The molecule has 160 valence electrons. The number of ether oxygens (including phenoxy) is 3. The lowest BCUT2D eigenvalue weighted by Gasteiger charge is -2.27. The highest BCUT2D eigenvalue weighted by atomic mass is 16.5. The first-order chi connectivity index (χ1) is 15.0. The summed E-state index contributed by atoms with van der Waals surface area (Å²) in [5.41, 5.74) is 8.36. The van der Waals surface area contributed by atoms with Crippen LogP contribution in [-0.2, 0) is 4.79 Å². The zero-order valence-corrected chi connectivity index (χ0v) is 17.7. The summed E-state index contributed by atoms with van der Waals surface area (Å²) < 4.78 is 17.6. The predicted molar refractivity (Wildman–Crippen MR) is 115 cm³/mol. The van der Waals surface area contributed by atoms with Crippen molar-refractivity contribution in [2.24, 2.45) is 5.73 Å². The minimum Gasteiger partial charge on any atom is -0.497 e. The van der Waals surface area contributed by atoms with Gasteiger partial charge in [0.05, 0.1) is 26.9 Å². The number of fused-ring (bicyclic) bond motifs is 1. The first-order valence-electron chi connectivity index (χ1n) is 9.57. The molecule has 0 saturated heterocycles. The molecule has 9 heteroatoms. The largest absolute Gasteiger partial charge is 0.497 e. The second-order valence-corrected chi connectivity index (χ2v) is 6.98. The number of nitrogens with two attached hydrogens (primary N) is 1. The van der Waals surface area contributed by atoms with Crippen LogP contribution in [0.25, 0.3) is 11.4 Å². The van der Waals surface area contributed by atoms with E-state index in [0.29, 0.717) is 40.3 Å². The van der Waals surface area contributed by atoms with Gasteiger partial charge in [-0.15, -0.1) is 5.10 Å². The molecule has 4 rings (SSSR count). The molecule has 0 radical (unpaired) electrons. The van der Waals surface area contributed by atoms with Gasteiger partial charge in [0, 0.05) is 11.3 Å². The van der Waals surface area contributed by atoms with Crippen LogP contribution < -0.4 is 25.3 Å². The van der Waals surface area contributed by atoms with E-state index in [1.165, 1.54) is 0 Å². The number of nitrogens with zero attached hydrogens (tertiary/aromatic N) is 3. The fourth-order valence-electron chi connectivity index (χ4n) is 3.66. The number of anilines is 1. The quantitative estimate of drug-likeness (QED) is 0.629. The predicted octanol–water partition coefficient (Wildman–Crippen LogP) is 2.75. The van der Waals surface area contributed by atoms with E-state index in [0.717, 1.165) is 11.1 Å². The Morgan fingerprint density at radius 3 is 2.35 bits per heavy atom. The van der Waals surface area contributed by atoms with Crippen LogP contribution in [0.2, 0.25) is 0 Å². The molecule has 3 N–H and O–H groups in total. The summed E-state index contributed by atoms with van der Waals surface area (Å²) in [5.74, 6) is 2.34. The molecule has 2 aromatic carbocycles. The third kappa shape index (κ3) is 3.54. The number of aromatic nitrogens is 3. The molecule has 9 nitrogen and oxygen atoms in total. The lowest BCUT2D eigenvalue weighted by Crippen LogP contribution is -2.31. The third-order valence-corrected chi connectivity index (χ3v) is 5.19. The summed E-state index contributed by atoms with van der Waals surface area (Å²) in [7, 11) is 4.75. The molecule has 0 aliphatic carbocycles. The highest BCUT2D eigenvalue weighted by molar-refractivity contribution is 5.95. The Kier molecular flexibility index (Phi) is 5.24. The monoisotopic (exact) mass is 421 g/mol. The van der Waals surface area contributed by atoms with Crippen LogP contribution in [0.4, 0.5) is 5.95 Å². The lowest BCUT2D eigenvalue weighted by atomic mass is 9.95. The zero-order chi connectivity index (χ0) is 22.1. The minimum absolute atomic E-state index is 0.418. The second kappa shape index (κ2) is 8.02. The molecule has 3 aromatic rings. The summed E-state index contributed by atoms with van der Waals surface area (Å²) in [5, 5.41) is 7.84. The van der Waals surface area contributed by atoms with Crippen molar-refractivity contribution in [1.29, 1.82) is 0 Å². The zero-order valence-electron chi connectivity index (χ0n) is 17.7. The number of nitrogens with one attached hydrogen (secondary N) is 1. The molecule has 31 heavy (non-hydrogen) atoms. The standard InChI is InChI=1S/C22H23N5O4/c1-12-18(20(23)28)19(13-5-8-15(29-2)9-6-13)27-22(24-12)25-21(26-27)14-7-10-16(30-3)17(11-14)31-4/h5-11,19H,1-4H3,(H2,23,28)(H,24,25,26)/t19-/m0/s1. The van der Waals surface area contributed by atoms with Crippen molar-refractivity contribution < 1.29 is 19.0 Å². The fourth-order valence-corrected chi connectivity index (χ4v) is 3.66. The Morgan fingerprint density at radius 1 is 1.03 bits per heavy atom. The highest BCUT2D eigenvalue weighted by Gasteiger charge is 2.33. The molecule has 1 atom stereocenters. The Hall–Kier alpha value is -4.01. The fraction of sp³-hybridized carbons (Fsp3) is 0.227. The second-order valence-electron chi connectivity index (χ2n) is 6.98. The molecule has 0 saturated carbocycles.